The standard InChI is InChI=1S/C30H23ClN4O6S/c1-17-6-7-19(11-22(17)31)32-28(37)15-35-29(38)26(42-30(35)39)10-18-13-34(23-5-3-2-4-21(18)23)14-27(36)33-20-8-9-24-25(12-20)41-16-40-24/h2-13H,14-16H2,1H3,(H,32,37)(H,33,36). The molecule has 2 N–H and O–H groups in total. The molecule has 0 saturated carbocycles. The Balaban J connectivity index is 1.17. The third-order valence-corrected chi connectivity index (χ3v) is 8.02. The molecule has 0 atom stereocenters. The molecule has 1 saturated heterocycles. The number of nitrogens with zero attached hydrogens (tertiary/aromatic N) is 2. The summed E-state index contributed by atoms with van der Waals surface area (Å²) in [6.45, 7) is 1.55. The number of benzene rings is 3. The summed E-state index contributed by atoms with van der Waals surface area (Å²) < 4.78 is 12.5. The van der Waals surface area contributed by atoms with E-state index in [1.165, 1.54) is 0 Å². The summed E-state index contributed by atoms with van der Waals surface area (Å²) in [6, 6.07) is 17.7. The molecule has 3 heterocycles. The lowest BCUT2D eigenvalue weighted by molar-refractivity contribution is -0.127. The number of rotatable bonds is 7. The number of amides is 4. The van der Waals surface area contributed by atoms with Crippen LogP contribution in [0.5, 0.6) is 11.5 Å². The van der Waals surface area contributed by atoms with Gasteiger partial charge in [-0.1, -0.05) is 35.9 Å². The van der Waals surface area contributed by atoms with Crippen LogP contribution in [-0.4, -0.2) is 45.8 Å². The van der Waals surface area contributed by atoms with E-state index in [1.807, 2.05) is 31.2 Å². The van der Waals surface area contributed by atoms with Gasteiger partial charge < -0.3 is 24.7 Å². The second kappa shape index (κ2) is 11.3. The van der Waals surface area contributed by atoms with E-state index in [4.69, 9.17) is 21.1 Å². The number of nitrogens with one attached hydrogen (secondary N) is 2. The zero-order chi connectivity index (χ0) is 29.4. The van der Waals surface area contributed by atoms with E-state index in [0.29, 0.717) is 33.5 Å². The summed E-state index contributed by atoms with van der Waals surface area (Å²) in [6.07, 6.45) is 3.36. The van der Waals surface area contributed by atoms with Gasteiger partial charge in [-0.25, -0.2) is 0 Å². The maximum atomic E-state index is 13.1. The van der Waals surface area contributed by atoms with Crippen molar-refractivity contribution in [3.05, 3.63) is 87.9 Å². The van der Waals surface area contributed by atoms with Gasteiger partial charge in [0.25, 0.3) is 11.1 Å². The zero-order valence-corrected chi connectivity index (χ0v) is 23.8. The highest BCUT2D eigenvalue weighted by atomic mass is 35.5. The second-order valence-corrected chi connectivity index (χ2v) is 11.0. The molecule has 1 fully saturated rings. The summed E-state index contributed by atoms with van der Waals surface area (Å²) in [5.74, 6) is -0.173. The lowest BCUT2D eigenvalue weighted by Crippen LogP contribution is -2.36. The fourth-order valence-electron chi connectivity index (χ4n) is 4.64. The molecule has 42 heavy (non-hydrogen) atoms. The maximum Gasteiger partial charge on any atom is 0.294 e. The molecule has 0 aliphatic carbocycles. The first kappa shape index (κ1) is 27.4. The third kappa shape index (κ3) is 5.56. The van der Waals surface area contributed by atoms with Crippen molar-refractivity contribution in [2.45, 2.75) is 13.5 Å². The van der Waals surface area contributed by atoms with Crippen LogP contribution in [0.3, 0.4) is 0 Å². The van der Waals surface area contributed by atoms with Gasteiger partial charge in [0.15, 0.2) is 11.5 Å². The molecule has 0 unspecified atom stereocenters. The Morgan fingerprint density at radius 2 is 1.67 bits per heavy atom. The Bertz CT molecular complexity index is 1820. The van der Waals surface area contributed by atoms with E-state index in [2.05, 4.69) is 10.6 Å². The molecule has 6 rings (SSSR count). The van der Waals surface area contributed by atoms with Crippen LogP contribution in [0.25, 0.3) is 17.0 Å². The van der Waals surface area contributed by atoms with Gasteiger partial charge in [-0.3, -0.25) is 24.1 Å². The molecule has 4 amide bonds. The quantitative estimate of drug-likeness (QED) is 0.263. The first-order chi connectivity index (χ1) is 20.2. The molecule has 10 nitrogen and oxygen atoms in total. The monoisotopic (exact) mass is 602 g/mol. The van der Waals surface area contributed by atoms with Gasteiger partial charge in [0.1, 0.15) is 13.1 Å². The molecule has 4 aromatic rings. The van der Waals surface area contributed by atoms with Crippen molar-refractivity contribution in [1.29, 1.82) is 0 Å². The Morgan fingerprint density at radius 1 is 0.952 bits per heavy atom. The van der Waals surface area contributed by atoms with Crippen molar-refractivity contribution in [2.24, 2.45) is 0 Å². The molecule has 2 aliphatic rings. The number of carbonyl (C=O) groups excluding carboxylic acids is 4. The number of para-hydroxylation sites is 1. The molecule has 0 spiro atoms. The highest BCUT2D eigenvalue weighted by molar-refractivity contribution is 8.18. The van der Waals surface area contributed by atoms with E-state index in [1.54, 1.807) is 53.2 Å². The second-order valence-electron chi connectivity index (χ2n) is 9.63. The van der Waals surface area contributed by atoms with Crippen molar-refractivity contribution >= 4 is 74.7 Å². The summed E-state index contributed by atoms with van der Waals surface area (Å²) in [7, 11) is 0. The van der Waals surface area contributed by atoms with E-state index < -0.39 is 23.6 Å². The topological polar surface area (TPSA) is 119 Å². The molecule has 0 bridgehead atoms. The summed E-state index contributed by atoms with van der Waals surface area (Å²) in [5, 5.41) is 6.27. The van der Waals surface area contributed by atoms with Crippen LogP contribution >= 0.6 is 23.4 Å². The maximum absolute atomic E-state index is 13.1. The smallest absolute Gasteiger partial charge is 0.294 e. The predicted molar refractivity (Wildman–Crippen MR) is 161 cm³/mol. The molecule has 1 aromatic heterocycles. The minimum Gasteiger partial charge on any atom is -0.454 e. The first-order valence-electron chi connectivity index (χ1n) is 12.8. The predicted octanol–water partition coefficient (Wildman–Crippen LogP) is 5.65. The fourth-order valence-corrected chi connectivity index (χ4v) is 5.65. The minimum absolute atomic E-state index is 0.00741. The largest absolute Gasteiger partial charge is 0.454 e. The minimum atomic E-state index is -0.570. The van der Waals surface area contributed by atoms with Crippen LogP contribution in [-0.2, 0) is 20.9 Å². The number of halogens is 1. The van der Waals surface area contributed by atoms with Crippen LogP contribution in [0, 0.1) is 6.92 Å². The van der Waals surface area contributed by atoms with Crippen molar-refractivity contribution in [3.63, 3.8) is 0 Å². The molecule has 0 radical (unpaired) electrons. The van der Waals surface area contributed by atoms with Gasteiger partial charge in [0.2, 0.25) is 18.6 Å². The van der Waals surface area contributed by atoms with E-state index in [0.717, 1.165) is 33.1 Å². The van der Waals surface area contributed by atoms with Gasteiger partial charge in [-0.2, -0.15) is 0 Å². The van der Waals surface area contributed by atoms with Crippen molar-refractivity contribution in [1.82, 2.24) is 9.47 Å². The molecule has 212 valence electrons. The van der Waals surface area contributed by atoms with Crippen molar-refractivity contribution < 1.29 is 28.7 Å². The van der Waals surface area contributed by atoms with Gasteiger partial charge in [-0.15, -0.1) is 0 Å². The van der Waals surface area contributed by atoms with Crippen LogP contribution in [0.1, 0.15) is 11.1 Å². The van der Waals surface area contributed by atoms with Gasteiger partial charge in [0, 0.05) is 45.1 Å². The van der Waals surface area contributed by atoms with Crippen molar-refractivity contribution in [3.8, 4) is 11.5 Å². The van der Waals surface area contributed by atoms with Crippen LogP contribution < -0.4 is 20.1 Å². The van der Waals surface area contributed by atoms with E-state index in [-0.39, 0.29) is 24.2 Å². The van der Waals surface area contributed by atoms with Crippen LogP contribution in [0.4, 0.5) is 16.2 Å². The lowest BCUT2D eigenvalue weighted by Gasteiger charge is -2.12. The number of ether oxygens (including phenoxy) is 2. The Hall–Kier alpha value is -4.74. The number of anilines is 2. The number of aryl methyl sites for hydroxylation is 1. The average Bonchev–Trinajstić information content (AvgIpc) is 3.64. The fraction of sp³-hybridized carbons (Fsp3) is 0.133. The van der Waals surface area contributed by atoms with Gasteiger partial charge in [-0.05, 0) is 60.7 Å². The van der Waals surface area contributed by atoms with Crippen LogP contribution in [0.2, 0.25) is 5.02 Å². The summed E-state index contributed by atoms with van der Waals surface area (Å²) >= 11 is 6.88. The van der Waals surface area contributed by atoms with E-state index in [9.17, 15) is 19.2 Å². The van der Waals surface area contributed by atoms with Gasteiger partial charge >= 0.3 is 0 Å². The summed E-state index contributed by atoms with van der Waals surface area (Å²) in [5.41, 5.74) is 3.33. The zero-order valence-electron chi connectivity index (χ0n) is 22.2. The molecule has 3 aromatic carbocycles. The number of hydrogen-bond donors (Lipinski definition) is 2. The Labute approximate surface area is 249 Å². The Morgan fingerprint density at radius 3 is 2.48 bits per heavy atom. The summed E-state index contributed by atoms with van der Waals surface area (Å²) in [4.78, 5) is 52.4. The number of aromatic nitrogens is 1. The SMILES string of the molecule is Cc1ccc(NC(=O)CN2C(=O)SC(=Cc3cn(CC(=O)Nc4ccc5c(c4)OCO5)c4ccccc34)C2=O)cc1Cl. The molecule has 2 aliphatic heterocycles. The molecular weight excluding hydrogens is 580 g/mol. The molecular formula is C30H23ClN4O6S. The third-order valence-electron chi connectivity index (χ3n) is 6.71. The molecule has 12 heteroatoms. The number of hydrogen-bond acceptors (Lipinski definition) is 7. The van der Waals surface area contributed by atoms with E-state index >= 15 is 0 Å². The van der Waals surface area contributed by atoms with Crippen molar-refractivity contribution in [2.75, 3.05) is 24.0 Å². The normalized spacial score (nSPS) is 15.1. The van der Waals surface area contributed by atoms with Gasteiger partial charge in [0.05, 0.1) is 4.91 Å². The van der Waals surface area contributed by atoms with Crippen LogP contribution in [0.15, 0.2) is 71.8 Å². The average molecular weight is 603 g/mol. The number of fused-ring (bicyclic) bond motifs is 2. The first-order valence-corrected chi connectivity index (χ1v) is 14.0. The number of carbonyl (C=O) groups is 4. The highest BCUT2D eigenvalue weighted by Crippen LogP contribution is 2.35. The number of imide groups is 1. The highest BCUT2D eigenvalue weighted by Gasteiger charge is 2.36. The number of thioether (sulfide) groups is 1. The lowest BCUT2D eigenvalue weighted by atomic mass is 10.1. The Kier molecular flexibility index (Phi) is 7.36.